The lowest BCUT2D eigenvalue weighted by Gasteiger charge is -2.23. The number of hydrogen-bond acceptors (Lipinski definition) is 3. The third-order valence-electron chi connectivity index (χ3n) is 5.26. The smallest absolute Gasteiger partial charge is 0.158 e. The predicted molar refractivity (Wildman–Crippen MR) is 116 cm³/mol. The minimum Gasteiger partial charge on any atom is -0.319 e. The van der Waals surface area contributed by atoms with Crippen LogP contribution in [0.25, 0.3) is 11.1 Å². The lowest BCUT2D eigenvalue weighted by atomic mass is 10.0. The summed E-state index contributed by atoms with van der Waals surface area (Å²) in [6.45, 7) is 2.94. The van der Waals surface area contributed by atoms with Gasteiger partial charge in [-0.3, -0.25) is 0 Å². The van der Waals surface area contributed by atoms with Crippen molar-refractivity contribution in [1.29, 1.82) is 0 Å². The van der Waals surface area contributed by atoms with Crippen LogP contribution in [0.3, 0.4) is 0 Å². The zero-order valence-electron chi connectivity index (χ0n) is 15.8. The number of pyridine rings is 1. The van der Waals surface area contributed by atoms with E-state index >= 15 is 0 Å². The number of fused-ring (bicyclic) bond motifs is 1. The second-order valence-electron chi connectivity index (χ2n) is 7.05. The zero-order valence-corrected chi connectivity index (χ0v) is 15.8. The summed E-state index contributed by atoms with van der Waals surface area (Å²) in [5, 5.41) is 0. The Morgan fingerprint density at radius 1 is 0.679 bits per heavy atom. The molecule has 0 spiro atoms. The molecule has 136 valence electrons. The van der Waals surface area contributed by atoms with Gasteiger partial charge in [-0.2, -0.15) is 0 Å². The summed E-state index contributed by atoms with van der Waals surface area (Å²) in [6, 6.07) is 31.8. The third kappa shape index (κ3) is 2.81. The van der Waals surface area contributed by atoms with Crippen LogP contribution in [0.15, 0.2) is 97.2 Å². The molecule has 5 rings (SSSR count). The van der Waals surface area contributed by atoms with Gasteiger partial charge in [0.25, 0.3) is 0 Å². The molecule has 4 aromatic rings. The molecule has 0 fully saturated rings. The standard InChI is InChI=1S/C25H21N3/c1-19-17-21(20-9-4-2-5-10-20)14-15-23(19)28-18-27(22-11-6-3-7-12-22)25-24(28)13-8-16-26-25/h2-17H,18H2,1H3. The Bertz CT molecular complexity index is 1110. The fraction of sp³-hybridized carbons (Fsp3) is 0.0800. The molecule has 3 heteroatoms. The molecule has 1 aliphatic rings. The number of para-hydroxylation sites is 1. The minimum absolute atomic E-state index is 0.752. The van der Waals surface area contributed by atoms with Crippen molar-refractivity contribution in [3.63, 3.8) is 0 Å². The van der Waals surface area contributed by atoms with Crippen molar-refractivity contribution in [3.8, 4) is 11.1 Å². The minimum atomic E-state index is 0.752. The molecular weight excluding hydrogens is 342 g/mol. The van der Waals surface area contributed by atoms with Gasteiger partial charge in [0.15, 0.2) is 5.82 Å². The van der Waals surface area contributed by atoms with E-state index in [0.29, 0.717) is 0 Å². The topological polar surface area (TPSA) is 19.4 Å². The fourth-order valence-corrected chi connectivity index (χ4v) is 3.88. The number of benzene rings is 3. The first-order valence-electron chi connectivity index (χ1n) is 9.52. The van der Waals surface area contributed by atoms with Crippen LogP contribution in [0.5, 0.6) is 0 Å². The molecule has 0 unspecified atom stereocenters. The number of nitrogens with zero attached hydrogens (tertiary/aromatic N) is 3. The Hall–Kier alpha value is -3.59. The number of rotatable bonds is 3. The summed E-state index contributed by atoms with van der Waals surface area (Å²) in [4.78, 5) is 9.28. The molecule has 1 aromatic heterocycles. The SMILES string of the molecule is Cc1cc(-c2ccccc2)ccc1N1CN(c2ccccc2)c2ncccc21. The first-order valence-corrected chi connectivity index (χ1v) is 9.52. The Labute approximate surface area is 165 Å². The Balaban J connectivity index is 1.55. The summed E-state index contributed by atoms with van der Waals surface area (Å²) in [5.74, 6) is 1.00. The normalized spacial score (nSPS) is 12.9. The summed E-state index contributed by atoms with van der Waals surface area (Å²) < 4.78 is 0. The molecule has 0 radical (unpaired) electrons. The molecule has 0 atom stereocenters. The van der Waals surface area contributed by atoms with E-state index in [1.54, 1.807) is 0 Å². The first-order chi connectivity index (χ1) is 13.8. The fourth-order valence-electron chi connectivity index (χ4n) is 3.88. The van der Waals surface area contributed by atoms with Gasteiger partial charge < -0.3 is 9.80 Å². The van der Waals surface area contributed by atoms with E-state index < -0.39 is 0 Å². The van der Waals surface area contributed by atoms with Crippen LogP contribution in [-0.2, 0) is 0 Å². The molecule has 0 saturated heterocycles. The second-order valence-corrected chi connectivity index (χ2v) is 7.05. The Morgan fingerprint density at radius 2 is 1.43 bits per heavy atom. The maximum atomic E-state index is 4.67. The monoisotopic (exact) mass is 363 g/mol. The van der Waals surface area contributed by atoms with Gasteiger partial charge in [0.05, 0.1) is 5.69 Å². The predicted octanol–water partition coefficient (Wildman–Crippen LogP) is 6.30. The van der Waals surface area contributed by atoms with E-state index in [2.05, 4.69) is 101 Å². The number of aromatic nitrogens is 1. The lowest BCUT2D eigenvalue weighted by molar-refractivity contribution is 0.977. The van der Waals surface area contributed by atoms with Crippen molar-refractivity contribution >= 4 is 22.9 Å². The average molecular weight is 363 g/mol. The first kappa shape index (κ1) is 16.6. The van der Waals surface area contributed by atoms with Crippen molar-refractivity contribution in [2.75, 3.05) is 16.5 Å². The highest BCUT2D eigenvalue weighted by Crippen LogP contribution is 2.43. The number of aryl methyl sites for hydroxylation is 1. The molecule has 3 nitrogen and oxygen atoms in total. The van der Waals surface area contributed by atoms with Crippen LogP contribution >= 0.6 is 0 Å². The van der Waals surface area contributed by atoms with E-state index in [-0.39, 0.29) is 0 Å². The highest BCUT2D eigenvalue weighted by molar-refractivity contribution is 5.85. The van der Waals surface area contributed by atoms with E-state index in [1.165, 1.54) is 22.4 Å². The van der Waals surface area contributed by atoms with Crippen LogP contribution in [0.4, 0.5) is 22.9 Å². The molecule has 0 saturated carbocycles. The summed E-state index contributed by atoms with van der Waals surface area (Å²) in [7, 11) is 0. The largest absolute Gasteiger partial charge is 0.319 e. The van der Waals surface area contributed by atoms with Crippen LogP contribution < -0.4 is 9.80 Å². The van der Waals surface area contributed by atoms with Crippen molar-refractivity contribution in [1.82, 2.24) is 4.98 Å². The maximum Gasteiger partial charge on any atom is 0.158 e. The Kier molecular flexibility index (Phi) is 4.06. The number of hydrogen-bond donors (Lipinski definition) is 0. The van der Waals surface area contributed by atoms with Gasteiger partial charge in [0.2, 0.25) is 0 Å². The Morgan fingerprint density at radius 3 is 2.18 bits per heavy atom. The molecular formula is C25H21N3. The third-order valence-corrected chi connectivity index (χ3v) is 5.26. The van der Waals surface area contributed by atoms with Crippen molar-refractivity contribution in [2.24, 2.45) is 0 Å². The van der Waals surface area contributed by atoms with Gasteiger partial charge in [-0.15, -0.1) is 0 Å². The lowest BCUT2D eigenvalue weighted by Crippen LogP contribution is -2.24. The molecule has 1 aliphatic heterocycles. The van der Waals surface area contributed by atoms with E-state index in [1.807, 2.05) is 18.3 Å². The molecule has 28 heavy (non-hydrogen) atoms. The molecule has 0 N–H and O–H groups in total. The van der Waals surface area contributed by atoms with Crippen LogP contribution in [0.2, 0.25) is 0 Å². The van der Waals surface area contributed by atoms with Gasteiger partial charge in [0.1, 0.15) is 6.67 Å². The average Bonchev–Trinajstić information content (AvgIpc) is 3.14. The van der Waals surface area contributed by atoms with Gasteiger partial charge >= 0.3 is 0 Å². The molecule has 2 heterocycles. The van der Waals surface area contributed by atoms with Gasteiger partial charge in [-0.25, -0.2) is 4.98 Å². The highest BCUT2D eigenvalue weighted by atomic mass is 15.4. The van der Waals surface area contributed by atoms with Crippen LogP contribution in [0, 0.1) is 6.92 Å². The quantitative estimate of drug-likeness (QED) is 0.425. The molecule has 0 bridgehead atoms. The van der Waals surface area contributed by atoms with Gasteiger partial charge in [0, 0.05) is 17.6 Å². The van der Waals surface area contributed by atoms with Crippen molar-refractivity contribution < 1.29 is 0 Å². The summed E-state index contributed by atoms with van der Waals surface area (Å²) in [5.41, 5.74) is 7.25. The summed E-state index contributed by atoms with van der Waals surface area (Å²) in [6.07, 6.45) is 1.86. The van der Waals surface area contributed by atoms with Gasteiger partial charge in [-0.1, -0.05) is 54.6 Å². The van der Waals surface area contributed by atoms with E-state index in [9.17, 15) is 0 Å². The highest BCUT2D eigenvalue weighted by Gasteiger charge is 2.29. The van der Waals surface area contributed by atoms with E-state index in [4.69, 9.17) is 0 Å². The van der Waals surface area contributed by atoms with Crippen molar-refractivity contribution in [3.05, 3.63) is 103 Å². The summed E-state index contributed by atoms with van der Waals surface area (Å²) >= 11 is 0. The van der Waals surface area contributed by atoms with Gasteiger partial charge in [-0.05, 0) is 60.0 Å². The second kappa shape index (κ2) is 6.86. The zero-order chi connectivity index (χ0) is 18.9. The molecule has 0 aliphatic carbocycles. The van der Waals surface area contributed by atoms with E-state index in [0.717, 1.165) is 23.9 Å². The molecule has 0 amide bonds. The van der Waals surface area contributed by atoms with Crippen LogP contribution in [0.1, 0.15) is 5.56 Å². The van der Waals surface area contributed by atoms with Crippen molar-refractivity contribution in [2.45, 2.75) is 6.92 Å². The number of anilines is 4. The molecule has 3 aromatic carbocycles. The van der Waals surface area contributed by atoms with Crippen LogP contribution in [-0.4, -0.2) is 11.7 Å². The maximum absolute atomic E-state index is 4.67.